The van der Waals surface area contributed by atoms with Crippen LogP contribution in [0.1, 0.15) is 54.7 Å². The minimum absolute atomic E-state index is 0.0184. The lowest BCUT2D eigenvalue weighted by Crippen LogP contribution is -2.38. The molecule has 1 fully saturated rings. The van der Waals surface area contributed by atoms with Gasteiger partial charge in [-0.3, -0.25) is 4.79 Å². The molecule has 3 nitrogen and oxygen atoms in total. The number of carbonyl (C=O) groups excluding carboxylic acids is 1. The van der Waals surface area contributed by atoms with E-state index in [1.165, 1.54) is 19.3 Å². The van der Waals surface area contributed by atoms with E-state index < -0.39 is 5.92 Å². The fraction of sp³-hybridized carbons (Fsp3) is 0.400. The van der Waals surface area contributed by atoms with Crippen LogP contribution in [0.4, 0.5) is 0 Å². The SMILES string of the molecule is C=C[C@@H](OC1CCCCC1)[C@H](C(=O)NCc1ccccc1)c1cccc(C)c1. The highest BCUT2D eigenvalue weighted by molar-refractivity contribution is 5.84. The van der Waals surface area contributed by atoms with E-state index in [2.05, 4.69) is 18.0 Å². The second-order valence-corrected chi connectivity index (χ2v) is 7.69. The molecule has 3 rings (SSSR count). The molecule has 3 heteroatoms. The molecule has 1 amide bonds. The van der Waals surface area contributed by atoms with E-state index in [1.807, 2.05) is 55.5 Å². The van der Waals surface area contributed by atoms with Crippen molar-refractivity contribution < 1.29 is 9.53 Å². The number of rotatable bonds is 8. The van der Waals surface area contributed by atoms with Crippen LogP contribution in [-0.2, 0) is 16.1 Å². The zero-order chi connectivity index (χ0) is 19.8. The average molecular weight is 378 g/mol. The molecule has 1 aliphatic carbocycles. The van der Waals surface area contributed by atoms with Gasteiger partial charge >= 0.3 is 0 Å². The third-order valence-corrected chi connectivity index (χ3v) is 5.46. The van der Waals surface area contributed by atoms with Crippen molar-refractivity contribution in [3.05, 3.63) is 83.9 Å². The second-order valence-electron chi connectivity index (χ2n) is 7.69. The van der Waals surface area contributed by atoms with Crippen molar-refractivity contribution in [1.29, 1.82) is 0 Å². The van der Waals surface area contributed by atoms with Crippen LogP contribution in [0, 0.1) is 6.92 Å². The molecule has 1 aliphatic rings. The number of hydrogen-bond acceptors (Lipinski definition) is 2. The van der Waals surface area contributed by atoms with Crippen LogP contribution < -0.4 is 5.32 Å². The Morgan fingerprint density at radius 1 is 1.14 bits per heavy atom. The van der Waals surface area contributed by atoms with E-state index in [0.717, 1.165) is 29.5 Å². The van der Waals surface area contributed by atoms with Gasteiger partial charge < -0.3 is 10.1 Å². The predicted molar refractivity (Wildman–Crippen MR) is 114 cm³/mol. The third-order valence-electron chi connectivity index (χ3n) is 5.46. The number of benzene rings is 2. The quantitative estimate of drug-likeness (QED) is 0.634. The van der Waals surface area contributed by atoms with Crippen LogP contribution in [0.15, 0.2) is 67.3 Å². The summed E-state index contributed by atoms with van der Waals surface area (Å²) in [6.45, 7) is 6.55. The lowest BCUT2D eigenvalue weighted by molar-refractivity contribution is -0.127. The number of aryl methyl sites for hydroxylation is 1. The van der Waals surface area contributed by atoms with Gasteiger partial charge in [-0.2, -0.15) is 0 Å². The number of hydrogen-bond donors (Lipinski definition) is 1. The first-order valence-corrected chi connectivity index (χ1v) is 10.3. The van der Waals surface area contributed by atoms with Gasteiger partial charge in [-0.15, -0.1) is 6.58 Å². The van der Waals surface area contributed by atoms with Crippen molar-refractivity contribution >= 4 is 5.91 Å². The van der Waals surface area contributed by atoms with Crippen molar-refractivity contribution in [2.45, 2.75) is 63.7 Å². The maximum absolute atomic E-state index is 13.2. The Morgan fingerprint density at radius 3 is 2.57 bits per heavy atom. The van der Waals surface area contributed by atoms with Crippen LogP contribution in [0.2, 0.25) is 0 Å². The van der Waals surface area contributed by atoms with Crippen molar-refractivity contribution in [1.82, 2.24) is 5.32 Å². The Morgan fingerprint density at radius 2 is 1.89 bits per heavy atom. The normalized spacial score (nSPS) is 16.9. The van der Waals surface area contributed by atoms with Gasteiger partial charge in [-0.25, -0.2) is 0 Å². The largest absolute Gasteiger partial charge is 0.370 e. The van der Waals surface area contributed by atoms with Gasteiger partial charge in [-0.1, -0.05) is 85.5 Å². The lowest BCUT2D eigenvalue weighted by Gasteiger charge is -2.31. The topological polar surface area (TPSA) is 38.3 Å². The van der Waals surface area contributed by atoms with Crippen LogP contribution >= 0.6 is 0 Å². The van der Waals surface area contributed by atoms with E-state index in [0.29, 0.717) is 6.54 Å². The molecule has 2 atom stereocenters. The van der Waals surface area contributed by atoms with Crippen molar-refractivity contribution in [3.63, 3.8) is 0 Å². The molecule has 2 aromatic carbocycles. The molecule has 28 heavy (non-hydrogen) atoms. The van der Waals surface area contributed by atoms with Gasteiger partial charge in [0.2, 0.25) is 5.91 Å². The molecule has 0 unspecified atom stereocenters. The smallest absolute Gasteiger partial charge is 0.230 e. The lowest BCUT2D eigenvalue weighted by atomic mass is 9.90. The summed E-state index contributed by atoms with van der Waals surface area (Å²) in [5, 5.41) is 3.10. The van der Waals surface area contributed by atoms with Crippen LogP contribution in [-0.4, -0.2) is 18.1 Å². The first kappa shape index (κ1) is 20.3. The standard InChI is InChI=1S/C25H31NO2/c1-3-23(28-22-15-8-5-9-16-22)24(21-14-10-11-19(2)17-21)25(27)26-18-20-12-6-4-7-13-20/h3-4,6-7,10-14,17,22-24H,1,5,8-9,15-16,18H2,2H3,(H,26,27)/t23-,24-/m1/s1. The Hall–Kier alpha value is -2.39. The van der Waals surface area contributed by atoms with E-state index in [-0.39, 0.29) is 18.1 Å². The third kappa shape index (κ3) is 5.56. The van der Waals surface area contributed by atoms with Gasteiger partial charge in [0.25, 0.3) is 0 Å². The van der Waals surface area contributed by atoms with Crippen molar-refractivity contribution in [3.8, 4) is 0 Å². The number of ether oxygens (including phenoxy) is 1. The Balaban J connectivity index is 1.78. The Kier molecular flexibility index (Phi) is 7.44. The molecule has 0 heterocycles. The maximum Gasteiger partial charge on any atom is 0.230 e. The van der Waals surface area contributed by atoms with Gasteiger partial charge in [0.1, 0.15) is 0 Å². The molecule has 0 aliphatic heterocycles. The number of carbonyl (C=O) groups is 1. The van der Waals surface area contributed by atoms with Gasteiger partial charge in [-0.05, 0) is 30.9 Å². The van der Waals surface area contributed by atoms with Crippen LogP contribution in [0.25, 0.3) is 0 Å². The summed E-state index contributed by atoms with van der Waals surface area (Å²) in [5.74, 6) is -0.418. The molecule has 1 saturated carbocycles. The van der Waals surface area contributed by atoms with Crippen LogP contribution in [0.3, 0.4) is 0 Å². The van der Waals surface area contributed by atoms with Gasteiger partial charge in [0.15, 0.2) is 0 Å². The van der Waals surface area contributed by atoms with E-state index in [4.69, 9.17) is 4.74 Å². The fourth-order valence-corrected chi connectivity index (χ4v) is 3.94. The molecule has 2 aromatic rings. The average Bonchev–Trinajstić information content (AvgIpc) is 2.73. The minimum Gasteiger partial charge on any atom is -0.370 e. The first-order valence-electron chi connectivity index (χ1n) is 10.3. The summed E-state index contributed by atoms with van der Waals surface area (Å²) in [4.78, 5) is 13.2. The van der Waals surface area contributed by atoms with Crippen molar-refractivity contribution in [2.75, 3.05) is 0 Å². The summed E-state index contributed by atoms with van der Waals surface area (Å²) in [6.07, 6.45) is 7.48. The molecular weight excluding hydrogens is 346 g/mol. The van der Waals surface area contributed by atoms with E-state index in [9.17, 15) is 4.79 Å². The Labute approximate surface area is 168 Å². The Bertz CT molecular complexity index is 765. The molecule has 0 spiro atoms. The fourth-order valence-electron chi connectivity index (χ4n) is 3.94. The molecule has 1 N–H and O–H groups in total. The highest BCUT2D eigenvalue weighted by Crippen LogP contribution is 2.29. The number of nitrogens with one attached hydrogen (secondary N) is 1. The molecule has 0 saturated heterocycles. The van der Waals surface area contributed by atoms with Gasteiger partial charge in [0.05, 0.1) is 18.1 Å². The summed E-state index contributed by atoms with van der Waals surface area (Å²) >= 11 is 0. The molecular formula is C25H31NO2. The highest BCUT2D eigenvalue weighted by Gasteiger charge is 2.31. The van der Waals surface area contributed by atoms with Crippen LogP contribution in [0.5, 0.6) is 0 Å². The molecule has 0 radical (unpaired) electrons. The molecule has 148 valence electrons. The summed E-state index contributed by atoms with van der Waals surface area (Å²) in [6, 6.07) is 18.1. The van der Waals surface area contributed by atoms with E-state index >= 15 is 0 Å². The summed E-state index contributed by atoms with van der Waals surface area (Å²) < 4.78 is 6.39. The second kappa shape index (κ2) is 10.2. The minimum atomic E-state index is -0.400. The zero-order valence-corrected chi connectivity index (χ0v) is 16.8. The molecule has 0 bridgehead atoms. The predicted octanol–water partition coefficient (Wildman–Crippen LogP) is 5.30. The monoisotopic (exact) mass is 377 g/mol. The highest BCUT2D eigenvalue weighted by atomic mass is 16.5. The zero-order valence-electron chi connectivity index (χ0n) is 16.8. The summed E-state index contributed by atoms with van der Waals surface area (Å²) in [5.41, 5.74) is 3.20. The number of amides is 1. The molecule has 0 aromatic heterocycles. The van der Waals surface area contributed by atoms with Gasteiger partial charge in [0, 0.05) is 6.54 Å². The van der Waals surface area contributed by atoms with Crippen molar-refractivity contribution in [2.24, 2.45) is 0 Å². The summed E-state index contributed by atoms with van der Waals surface area (Å²) in [7, 11) is 0. The van der Waals surface area contributed by atoms with E-state index in [1.54, 1.807) is 6.08 Å². The maximum atomic E-state index is 13.2. The first-order chi connectivity index (χ1) is 13.7.